The van der Waals surface area contributed by atoms with Crippen LogP contribution in [-0.2, 0) is 17.3 Å². The minimum Gasteiger partial charge on any atom is -0.465 e. The molecule has 0 aliphatic rings. The second-order valence-electron chi connectivity index (χ2n) is 2.80. The molecule has 0 saturated carbocycles. The van der Waals surface area contributed by atoms with Crippen molar-refractivity contribution in [3.05, 3.63) is 34.9 Å². The van der Waals surface area contributed by atoms with Gasteiger partial charge >= 0.3 is 5.97 Å². The van der Waals surface area contributed by atoms with Crippen LogP contribution in [0.4, 0.5) is 4.39 Å². The minimum absolute atomic E-state index is 0.248. The summed E-state index contributed by atoms with van der Waals surface area (Å²) in [6.07, 6.45) is 0. The van der Waals surface area contributed by atoms with Crippen molar-refractivity contribution in [3.8, 4) is 0 Å². The normalized spacial score (nSPS) is 9.93. The van der Waals surface area contributed by atoms with E-state index in [4.69, 9.17) is 11.6 Å². The molecule has 1 aromatic rings. The first-order valence-corrected chi connectivity index (χ1v) is 4.57. The molecule has 0 atom stereocenters. The Hall–Kier alpha value is -1.09. The number of alkyl halides is 2. The smallest absolute Gasteiger partial charge is 0.337 e. The summed E-state index contributed by atoms with van der Waals surface area (Å²) in [6.45, 7) is -0.616. The highest BCUT2D eigenvalue weighted by atomic mass is 35.5. The number of carbonyl (C=O) groups is 1. The average molecular weight is 217 g/mol. The molecular weight excluding hydrogens is 207 g/mol. The molecule has 0 radical (unpaired) electrons. The van der Waals surface area contributed by atoms with E-state index in [-0.39, 0.29) is 5.88 Å². The summed E-state index contributed by atoms with van der Waals surface area (Å²) in [5.74, 6) is -0.232. The van der Waals surface area contributed by atoms with Crippen LogP contribution in [-0.4, -0.2) is 13.1 Å². The predicted molar refractivity (Wildman–Crippen MR) is 52.2 cm³/mol. The lowest BCUT2D eigenvalue weighted by molar-refractivity contribution is 0.0600. The summed E-state index contributed by atoms with van der Waals surface area (Å²) >= 11 is 5.60. The largest absolute Gasteiger partial charge is 0.465 e. The van der Waals surface area contributed by atoms with Gasteiger partial charge in [0.1, 0.15) is 6.67 Å². The first-order valence-electron chi connectivity index (χ1n) is 4.04. The molecule has 1 rings (SSSR count). The van der Waals surface area contributed by atoms with Crippen LogP contribution in [0.5, 0.6) is 0 Å². The van der Waals surface area contributed by atoms with Crippen molar-refractivity contribution in [1.29, 1.82) is 0 Å². The van der Waals surface area contributed by atoms with Crippen molar-refractivity contribution in [2.24, 2.45) is 0 Å². The van der Waals surface area contributed by atoms with Gasteiger partial charge in [-0.15, -0.1) is 11.6 Å². The molecule has 0 aliphatic heterocycles. The predicted octanol–water partition coefficient (Wildman–Crippen LogP) is 2.68. The Morgan fingerprint density at radius 1 is 1.43 bits per heavy atom. The molecule has 14 heavy (non-hydrogen) atoms. The number of esters is 1. The van der Waals surface area contributed by atoms with Crippen LogP contribution in [0.1, 0.15) is 21.5 Å². The minimum atomic E-state index is -0.616. The van der Waals surface area contributed by atoms with E-state index in [1.165, 1.54) is 13.2 Å². The summed E-state index contributed by atoms with van der Waals surface area (Å²) in [5, 5.41) is 0. The fourth-order valence-electron chi connectivity index (χ4n) is 1.15. The van der Waals surface area contributed by atoms with Crippen LogP contribution in [0, 0.1) is 0 Å². The molecule has 2 nitrogen and oxygen atoms in total. The summed E-state index contributed by atoms with van der Waals surface area (Å²) in [6, 6.07) is 4.68. The fraction of sp³-hybridized carbons (Fsp3) is 0.300. The second kappa shape index (κ2) is 4.96. The molecule has 0 aliphatic carbocycles. The maximum atomic E-state index is 12.4. The second-order valence-corrected chi connectivity index (χ2v) is 3.06. The third-order valence-corrected chi connectivity index (χ3v) is 2.09. The Balaban J connectivity index is 3.10. The fourth-order valence-corrected chi connectivity index (χ4v) is 1.31. The molecule has 0 aromatic heterocycles. The van der Waals surface area contributed by atoms with Crippen LogP contribution in [0.25, 0.3) is 0 Å². The molecule has 1 aromatic carbocycles. The van der Waals surface area contributed by atoms with Gasteiger partial charge in [-0.3, -0.25) is 0 Å². The highest BCUT2D eigenvalue weighted by Gasteiger charge is 2.08. The highest BCUT2D eigenvalue weighted by molar-refractivity contribution is 6.17. The Kier molecular flexibility index (Phi) is 3.89. The molecule has 0 heterocycles. The number of benzene rings is 1. The average Bonchev–Trinajstić information content (AvgIpc) is 2.27. The molecule has 0 fully saturated rings. The Bertz CT molecular complexity index is 317. The molecule has 0 bridgehead atoms. The van der Waals surface area contributed by atoms with E-state index in [9.17, 15) is 9.18 Å². The lowest BCUT2D eigenvalue weighted by atomic mass is 10.1. The van der Waals surface area contributed by atoms with Gasteiger partial charge in [-0.25, -0.2) is 9.18 Å². The van der Waals surface area contributed by atoms with Crippen molar-refractivity contribution >= 4 is 17.6 Å². The zero-order valence-corrected chi connectivity index (χ0v) is 8.47. The van der Waals surface area contributed by atoms with Gasteiger partial charge in [0.2, 0.25) is 0 Å². The van der Waals surface area contributed by atoms with Crippen molar-refractivity contribution < 1.29 is 13.9 Å². The standard InChI is InChI=1S/C10H10ClFO2/c1-14-10(13)9-3-7(5-11)2-8(4-9)6-12/h2-4H,5-6H2,1H3. The maximum Gasteiger partial charge on any atom is 0.337 e. The first kappa shape index (κ1) is 11.0. The molecule has 0 spiro atoms. The number of ether oxygens (including phenoxy) is 1. The molecule has 76 valence electrons. The van der Waals surface area contributed by atoms with Crippen LogP contribution >= 0.6 is 11.6 Å². The monoisotopic (exact) mass is 216 g/mol. The van der Waals surface area contributed by atoms with E-state index in [0.717, 1.165) is 0 Å². The summed E-state index contributed by atoms with van der Waals surface area (Å²) in [4.78, 5) is 11.2. The number of carbonyl (C=O) groups excluding carboxylic acids is 1. The van der Waals surface area contributed by atoms with E-state index in [1.807, 2.05) is 0 Å². The van der Waals surface area contributed by atoms with Crippen LogP contribution in [0.15, 0.2) is 18.2 Å². The number of methoxy groups -OCH3 is 1. The Labute approximate surface area is 86.6 Å². The Morgan fingerprint density at radius 2 is 2.07 bits per heavy atom. The van der Waals surface area contributed by atoms with Gasteiger partial charge in [-0.05, 0) is 23.3 Å². The molecule has 4 heteroatoms. The molecule has 0 N–H and O–H groups in total. The summed E-state index contributed by atoms with van der Waals surface area (Å²) in [5.41, 5.74) is 1.48. The van der Waals surface area contributed by atoms with Gasteiger partial charge in [0, 0.05) is 5.88 Å². The van der Waals surface area contributed by atoms with E-state index in [0.29, 0.717) is 16.7 Å². The summed E-state index contributed by atoms with van der Waals surface area (Å²) < 4.78 is 16.9. The van der Waals surface area contributed by atoms with Crippen molar-refractivity contribution in [1.82, 2.24) is 0 Å². The van der Waals surface area contributed by atoms with Gasteiger partial charge in [-0.2, -0.15) is 0 Å². The van der Waals surface area contributed by atoms with E-state index < -0.39 is 12.6 Å². The lowest BCUT2D eigenvalue weighted by Gasteiger charge is -2.04. The lowest BCUT2D eigenvalue weighted by Crippen LogP contribution is -2.02. The third kappa shape index (κ3) is 2.45. The van der Waals surface area contributed by atoms with Gasteiger partial charge < -0.3 is 4.74 Å². The number of hydrogen-bond acceptors (Lipinski definition) is 2. The highest BCUT2D eigenvalue weighted by Crippen LogP contribution is 2.14. The number of hydrogen-bond donors (Lipinski definition) is 0. The molecular formula is C10H10ClFO2. The van der Waals surface area contributed by atoms with E-state index in [1.54, 1.807) is 12.1 Å². The third-order valence-electron chi connectivity index (χ3n) is 1.78. The van der Waals surface area contributed by atoms with Crippen molar-refractivity contribution in [3.63, 3.8) is 0 Å². The molecule has 0 saturated heterocycles. The zero-order valence-electron chi connectivity index (χ0n) is 7.72. The topological polar surface area (TPSA) is 26.3 Å². The van der Waals surface area contributed by atoms with E-state index in [2.05, 4.69) is 4.74 Å². The van der Waals surface area contributed by atoms with E-state index >= 15 is 0 Å². The van der Waals surface area contributed by atoms with Gasteiger partial charge in [-0.1, -0.05) is 6.07 Å². The van der Waals surface area contributed by atoms with Gasteiger partial charge in [0.15, 0.2) is 0 Å². The summed E-state index contributed by atoms with van der Waals surface area (Å²) in [7, 11) is 1.28. The number of halogens is 2. The van der Waals surface area contributed by atoms with Crippen LogP contribution in [0.2, 0.25) is 0 Å². The van der Waals surface area contributed by atoms with Gasteiger partial charge in [0.25, 0.3) is 0 Å². The zero-order chi connectivity index (χ0) is 10.6. The quantitative estimate of drug-likeness (QED) is 0.574. The molecule has 0 unspecified atom stereocenters. The van der Waals surface area contributed by atoms with Crippen LogP contribution < -0.4 is 0 Å². The maximum absolute atomic E-state index is 12.4. The van der Waals surface area contributed by atoms with Crippen molar-refractivity contribution in [2.75, 3.05) is 7.11 Å². The molecule has 0 amide bonds. The van der Waals surface area contributed by atoms with Crippen molar-refractivity contribution in [2.45, 2.75) is 12.6 Å². The van der Waals surface area contributed by atoms with Crippen LogP contribution in [0.3, 0.4) is 0 Å². The van der Waals surface area contributed by atoms with Gasteiger partial charge in [0.05, 0.1) is 12.7 Å². The Morgan fingerprint density at radius 3 is 2.57 bits per heavy atom. The SMILES string of the molecule is COC(=O)c1cc(CF)cc(CCl)c1. The first-order chi connectivity index (χ1) is 6.71. The number of rotatable bonds is 3.